The number of hydrogen-bond donors (Lipinski definition) is 2. The number of aryl methyl sites for hydroxylation is 1. The molecule has 2 aromatic carbocycles. The van der Waals surface area contributed by atoms with Gasteiger partial charge >= 0.3 is 0 Å². The molecule has 0 saturated heterocycles. The maximum atomic E-state index is 9.34. The van der Waals surface area contributed by atoms with Gasteiger partial charge in [-0.05, 0) is 18.1 Å². The van der Waals surface area contributed by atoms with Crippen LogP contribution in [0.2, 0.25) is 0 Å². The van der Waals surface area contributed by atoms with E-state index in [1.54, 1.807) is 0 Å². The molecule has 6 nitrogen and oxygen atoms in total. The van der Waals surface area contributed by atoms with Crippen molar-refractivity contribution in [3.05, 3.63) is 77.1 Å². The van der Waals surface area contributed by atoms with E-state index in [2.05, 4.69) is 74.9 Å². The number of nitrogens with one attached hydrogen (secondary N) is 2. The van der Waals surface area contributed by atoms with Gasteiger partial charge in [-0.2, -0.15) is 15.2 Å². The highest BCUT2D eigenvalue weighted by atomic mass is 15.3. The van der Waals surface area contributed by atoms with E-state index in [1.807, 2.05) is 18.2 Å². The third kappa shape index (κ3) is 3.67. The number of benzene rings is 2. The molecule has 4 rings (SSSR count). The lowest BCUT2D eigenvalue weighted by Gasteiger charge is -2.17. The van der Waals surface area contributed by atoms with Crippen molar-refractivity contribution in [2.24, 2.45) is 0 Å². The Balaban J connectivity index is 1.58. The largest absolute Gasteiger partial charge is 0.364 e. The van der Waals surface area contributed by atoms with Gasteiger partial charge in [-0.3, -0.25) is 0 Å². The van der Waals surface area contributed by atoms with Gasteiger partial charge < -0.3 is 15.5 Å². The number of anilines is 3. The van der Waals surface area contributed by atoms with E-state index >= 15 is 0 Å². The van der Waals surface area contributed by atoms with Crippen LogP contribution < -0.4 is 15.5 Å². The average Bonchev–Trinajstić information content (AvgIpc) is 3.11. The van der Waals surface area contributed by atoms with Crippen molar-refractivity contribution in [3.8, 4) is 6.07 Å². The number of aromatic nitrogens is 2. The number of nitrogens with zero attached hydrogens (tertiary/aromatic N) is 4. The lowest BCUT2D eigenvalue weighted by molar-refractivity contribution is 0.853. The first-order valence-electron chi connectivity index (χ1n) is 8.87. The Morgan fingerprint density at radius 1 is 1.07 bits per heavy atom. The summed E-state index contributed by atoms with van der Waals surface area (Å²) >= 11 is 0. The number of fused-ring (bicyclic) bond motifs is 1. The van der Waals surface area contributed by atoms with E-state index in [1.165, 1.54) is 11.1 Å². The van der Waals surface area contributed by atoms with Gasteiger partial charge in [0.1, 0.15) is 11.8 Å². The van der Waals surface area contributed by atoms with E-state index in [4.69, 9.17) is 0 Å². The highest BCUT2D eigenvalue weighted by Crippen LogP contribution is 2.36. The Hall–Kier alpha value is -3.59. The standard InChI is InChI=1S/C21H20N6/c1-15-7-9-16(10-8-15)12-23-20-19-21(26-18(11-22)25-20)27(14-24-19)13-17-5-3-2-4-6-17/h2-10,24H,12-14H2,1H3,(H,23,25,26). The maximum Gasteiger partial charge on any atom is 0.236 e. The van der Waals surface area contributed by atoms with Crippen LogP contribution >= 0.6 is 0 Å². The van der Waals surface area contributed by atoms with Gasteiger partial charge in [-0.15, -0.1) is 0 Å². The Morgan fingerprint density at radius 2 is 1.85 bits per heavy atom. The molecule has 1 aliphatic heterocycles. The Kier molecular flexibility index (Phi) is 4.58. The average molecular weight is 356 g/mol. The SMILES string of the molecule is Cc1ccc(CNc2nc(C#N)nc3c2NCN3Cc2ccccc2)cc1. The molecular formula is C21H20N6. The van der Waals surface area contributed by atoms with Gasteiger partial charge in [-0.1, -0.05) is 60.2 Å². The van der Waals surface area contributed by atoms with Crippen LogP contribution in [0.4, 0.5) is 17.3 Å². The maximum absolute atomic E-state index is 9.34. The molecule has 27 heavy (non-hydrogen) atoms. The molecule has 134 valence electrons. The summed E-state index contributed by atoms with van der Waals surface area (Å²) in [7, 11) is 0. The summed E-state index contributed by atoms with van der Waals surface area (Å²) < 4.78 is 0. The first-order valence-corrected chi connectivity index (χ1v) is 8.87. The van der Waals surface area contributed by atoms with Crippen molar-refractivity contribution in [2.75, 3.05) is 22.2 Å². The fourth-order valence-corrected chi connectivity index (χ4v) is 3.09. The second-order valence-electron chi connectivity index (χ2n) is 6.56. The molecule has 1 aromatic heterocycles. The molecule has 1 aliphatic rings. The number of hydrogen-bond acceptors (Lipinski definition) is 6. The highest BCUT2D eigenvalue weighted by Gasteiger charge is 2.25. The monoisotopic (exact) mass is 356 g/mol. The Labute approximate surface area is 158 Å². The first kappa shape index (κ1) is 16.9. The normalized spacial score (nSPS) is 12.2. The molecule has 0 fully saturated rings. The quantitative estimate of drug-likeness (QED) is 0.726. The summed E-state index contributed by atoms with van der Waals surface area (Å²) in [6.07, 6.45) is 0. The Morgan fingerprint density at radius 3 is 2.59 bits per heavy atom. The van der Waals surface area contributed by atoms with Crippen molar-refractivity contribution in [2.45, 2.75) is 20.0 Å². The van der Waals surface area contributed by atoms with Crippen LogP contribution in [-0.4, -0.2) is 16.6 Å². The van der Waals surface area contributed by atoms with Crippen molar-refractivity contribution in [1.82, 2.24) is 9.97 Å². The summed E-state index contributed by atoms with van der Waals surface area (Å²) in [5, 5.41) is 16.1. The zero-order valence-corrected chi connectivity index (χ0v) is 15.1. The van der Waals surface area contributed by atoms with Crippen LogP contribution in [0.5, 0.6) is 0 Å². The molecule has 0 unspecified atom stereocenters. The predicted octanol–water partition coefficient (Wildman–Crippen LogP) is 3.66. The third-order valence-corrected chi connectivity index (χ3v) is 4.53. The van der Waals surface area contributed by atoms with Crippen LogP contribution in [0.3, 0.4) is 0 Å². The van der Waals surface area contributed by atoms with Crippen LogP contribution in [0.1, 0.15) is 22.5 Å². The lowest BCUT2D eigenvalue weighted by Crippen LogP contribution is -2.22. The van der Waals surface area contributed by atoms with Gasteiger partial charge in [0.15, 0.2) is 11.6 Å². The van der Waals surface area contributed by atoms with Gasteiger partial charge in [0.05, 0.1) is 6.67 Å². The number of rotatable bonds is 5. The predicted molar refractivity (Wildman–Crippen MR) is 106 cm³/mol. The zero-order chi connectivity index (χ0) is 18.6. The van der Waals surface area contributed by atoms with E-state index in [0.717, 1.165) is 23.6 Å². The first-order chi connectivity index (χ1) is 13.2. The smallest absolute Gasteiger partial charge is 0.236 e. The van der Waals surface area contributed by atoms with E-state index in [-0.39, 0.29) is 5.82 Å². The van der Waals surface area contributed by atoms with Gasteiger partial charge in [0, 0.05) is 13.1 Å². The molecule has 0 spiro atoms. The molecule has 0 aliphatic carbocycles. The fourth-order valence-electron chi connectivity index (χ4n) is 3.09. The van der Waals surface area contributed by atoms with Crippen molar-refractivity contribution in [1.29, 1.82) is 5.26 Å². The molecule has 3 aromatic rings. The van der Waals surface area contributed by atoms with Crippen molar-refractivity contribution in [3.63, 3.8) is 0 Å². The summed E-state index contributed by atoms with van der Waals surface area (Å²) in [5.41, 5.74) is 4.42. The van der Waals surface area contributed by atoms with Crippen LogP contribution in [0, 0.1) is 18.3 Å². The molecule has 0 bridgehead atoms. The minimum absolute atomic E-state index is 0.168. The fraction of sp³-hybridized carbons (Fsp3) is 0.190. The molecule has 0 atom stereocenters. The van der Waals surface area contributed by atoms with Gasteiger partial charge in [0.2, 0.25) is 5.82 Å². The highest BCUT2D eigenvalue weighted by molar-refractivity contribution is 5.81. The molecule has 0 saturated carbocycles. The number of nitriles is 1. The van der Waals surface area contributed by atoms with Gasteiger partial charge in [0.25, 0.3) is 0 Å². The van der Waals surface area contributed by atoms with Crippen LogP contribution in [0.25, 0.3) is 0 Å². The van der Waals surface area contributed by atoms with Crippen LogP contribution in [-0.2, 0) is 13.1 Å². The molecule has 2 heterocycles. The summed E-state index contributed by atoms with van der Waals surface area (Å²) in [6.45, 7) is 4.06. The Bertz CT molecular complexity index is 976. The molecule has 6 heteroatoms. The minimum Gasteiger partial charge on any atom is -0.364 e. The van der Waals surface area contributed by atoms with E-state index < -0.39 is 0 Å². The van der Waals surface area contributed by atoms with Crippen LogP contribution in [0.15, 0.2) is 54.6 Å². The van der Waals surface area contributed by atoms with Crippen molar-refractivity contribution < 1.29 is 0 Å². The molecular weight excluding hydrogens is 336 g/mol. The lowest BCUT2D eigenvalue weighted by atomic mass is 10.1. The third-order valence-electron chi connectivity index (χ3n) is 4.53. The molecule has 2 N–H and O–H groups in total. The zero-order valence-electron chi connectivity index (χ0n) is 15.1. The van der Waals surface area contributed by atoms with E-state index in [0.29, 0.717) is 19.0 Å². The van der Waals surface area contributed by atoms with E-state index in [9.17, 15) is 5.26 Å². The summed E-state index contributed by atoms with van der Waals surface area (Å²) in [5.74, 6) is 1.59. The molecule has 0 radical (unpaired) electrons. The minimum atomic E-state index is 0.168. The second kappa shape index (κ2) is 7.34. The molecule has 0 amide bonds. The summed E-state index contributed by atoms with van der Waals surface area (Å²) in [4.78, 5) is 10.9. The van der Waals surface area contributed by atoms with Gasteiger partial charge in [-0.25, -0.2) is 0 Å². The second-order valence-corrected chi connectivity index (χ2v) is 6.56. The summed E-state index contributed by atoms with van der Waals surface area (Å²) in [6, 6.07) is 20.6. The topological polar surface area (TPSA) is 76.9 Å². The van der Waals surface area contributed by atoms with Crippen molar-refractivity contribution >= 4 is 17.3 Å².